The molecule has 0 bridgehead atoms. The van der Waals surface area contributed by atoms with E-state index >= 15 is 0 Å². The average Bonchev–Trinajstić information content (AvgIpc) is 3.43. The lowest BCUT2D eigenvalue weighted by Crippen LogP contribution is -2.10. The van der Waals surface area contributed by atoms with Gasteiger partial charge in [-0.2, -0.15) is 0 Å². The van der Waals surface area contributed by atoms with Gasteiger partial charge in [-0.1, -0.05) is 12.1 Å². The third kappa shape index (κ3) is 3.29. The minimum absolute atomic E-state index is 0.267. The van der Waals surface area contributed by atoms with Crippen molar-refractivity contribution >= 4 is 17.3 Å². The molecule has 0 N–H and O–H groups in total. The van der Waals surface area contributed by atoms with Crippen LogP contribution in [0.15, 0.2) is 70.7 Å². The van der Waals surface area contributed by atoms with Crippen LogP contribution in [0, 0.1) is 0 Å². The van der Waals surface area contributed by atoms with E-state index in [1.165, 1.54) is 11.3 Å². The Kier molecular flexibility index (Phi) is 4.37. The van der Waals surface area contributed by atoms with E-state index in [1.54, 1.807) is 19.1 Å². The highest BCUT2D eigenvalue weighted by Crippen LogP contribution is 2.26. The molecule has 4 rings (SSSR count). The zero-order valence-electron chi connectivity index (χ0n) is 13.9. The van der Waals surface area contributed by atoms with Gasteiger partial charge >= 0.3 is 5.97 Å². The highest BCUT2D eigenvalue weighted by Gasteiger charge is 2.20. The molecule has 0 saturated carbocycles. The first-order valence-electron chi connectivity index (χ1n) is 8.02. The van der Waals surface area contributed by atoms with Crippen molar-refractivity contribution in [3.8, 4) is 16.5 Å². The van der Waals surface area contributed by atoms with Crippen LogP contribution in [0.3, 0.4) is 0 Å². The average molecular weight is 365 g/mol. The fraction of sp³-hybridized carbons (Fsp3) is 0.105. The molecule has 130 valence electrons. The summed E-state index contributed by atoms with van der Waals surface area (Å²) in [4.78, 5) is 13.3. The summed E-state index contributed by atoms with van der Waals surface area (Å²) < 4.78 is 13.0. The largest absolute Gasteiger partial charge is 0.449 e. The van der Waals surface area contributed by atoms with Crippen molar-refractivity contribution < 1.29 is 13.9 Å². The Morgan fingerprint density at radius 3 is 2.77 bits per heavy atom. The topological polar surface area (TPSA) is 70.2 Å². The van der Waals surface area contributed by atoms with Crippen LogP contribution in [0.5, 0.6) is 0 Å². The van der Waals surface area contributed by atoms with E-state index in [1.807, 2.05) is 58.7 Å². The lowest BCUT2D eigenvalue weighted by Gasteiger charge is -2.10. The maximum atomic E-state index is 12.5. The fourth-order valence-corrected chi connectivity index (χ4v) is 3.12. The Morgan fingerprint density at radius 2 is 2.00 bits per heavy atom. The van der Waals surface area contributed by atoms with Crippen LogP contribution in [0.1, 0.15) is 29.3 Å². The van der Waals surface area contributed by atoms with E-state index in [9.17, 15) is 4.79 Å². The van der Waals surface area contributed by atoms with Gasteiger partial charge < -0.3 is 13.7 Å². The molecule has 0 fully saturated rings. The first kappa shape index (κ1) is 16.3. The quantitative estimate of drug-likeness (QED) is 0.487. The van der Waals surface area contributed by atoms with Crippen molar-refractivity contribution in [1.29, 1.82) is 0 Å². The Hall–Kier alpha value is -3.19. The van der Waals surface area contributed by atoms with Gasteiger partial charge in [-0.3, -0.25) is 0 Å². The van der Waals surface area contributed by atoms with Gasteiger partial charge in [0.15, 0.2) is 6.10 Å². The Labute approximate surface area is 153 Å². The number of thiophene rings is 1. The molecule has 4 aromatic rings. The first-order valence-corrected chi connectivity index (χ1v) is 8.90. The molecule has 0 aliphatic rings. The Balaban J connectivity index is 1.49. The first-order chi connectivity index (χ1) is 12.7. The van der Waals surface area contributed by atoms with Gasteiger partial charge in [0.25, 0.3) is 11.8 Å². The van der Waals surface area contributed by atoms with Crippen LogP contribution in [0.2, 0.25) is 0 Å². The highest BCUT2D eigenvalue weighted by atomic mass is 32.1. The molecule has 0 aliphatic heterocycles. The molecule has 6 nitrogen and oxygen atoms in total. The molecule has 3 heterocycles. The molecule has 0 aliphatic carbocycles. The zero-order chi connectivity index (χ0) is 17.9. The number of rotatable bonds is 5. The third-order valence-corrected chi connectivity index (χ3v) is 4.65. The lowest BCUT2D eigenvalue weighted by molar-refractivity contribution is 0.0280. The van der Waals surface area contributed by atoms with E-state index in [-0.39, 0.29) is 5.89 Å². The molecule has 1 aromatic carbocycles. The summed E-state index contributed by atoms with van der Waals surface area (Å²) in [5, 5.41) is 9.92. The monoisotopic (exact) mass is 365 g/mol. The minimum Gasteiger partial charge on any atom is -0.449 e. The maximum Gasteiger partial charge on any atom is 0.338 e. The van der Waals surface area contributed by atoms with Gasteiger partial charge in [0.2, 0.25) is 0 Å². The SMILES string of the molecule is CC(OC(=O)c1cccc(-n2cccc2)c1)c1nnc(-c2cccs2)o1. The van der Waals surface area contributed by atoms with E-state index in [0.717, 1.165) is 10.6 Å². The van der Waals surface area contributed by atoms with Gasteiger partial charge in [-0.15, -0.1) is 21.5 Å². The summed E-state index contributed by atoms with van der Waals surface area (Å²) in [5.74, 6) is 0.248. The van der Waals surface area contributed by atoms with Crippen LogP contribution in [0.4, 0.5) is 0 Å². The van der Waals surface area contributed by atoms with Crippen LogP contribution >= 0.6 is 11.3 Å². The number of hydrogen-bond acceptors (Lipinski definition) is 6. The van der Waals surface area contributed by atoms with Crippen LogP contribution in [-0.2, 0) is 4.74 Å². The van der Waals surface area contributed by atoms with Crippen molar-refractivity contribution in [3.05, 3.63) is 77.8 Å². The van der Waals surface area contributed by atoms with Gasteiger partial charge in [0.1, 0.15) is 0 Å². The van der Waals surface area contributed by atoms with Crippen LogP contribution in [0.25, 0.3) is 16.5 Å². The standard InChI is InChI=1S/C19H15N3O3S/c1-13(17-20-21-18(25-17)16-8-5-11-26-16)24-19(23)14-6-4-7-15(12-14)22-9-2-3-10-22/h2-13H,1H3. The van der Waals surface area contributed by atoms with E-state index < -0.39 is 12.1 Å². The van der Waals surface area contributed by atoms with Gasteiger partial charge in [0.05, 0.1) is 10.4 Å². The molecule has 26 heavy (non-hydrogen) atoms. The van der Waals surface area contributed by atoms with Gasteiger partial charge in [-0.25, -0.2) is 4.79 Å². The van der Waals surface area contributed by atoms with Crippen molar-refractivity contribution in [2.24, 2.45) is 0 Å². The molecule has 3 aromatic heterocycles. The number of aromatic nitrogens is 3. The second-order valence-electron chi connectivity index (χ2n) is 5.61. The predicted octanol–water partition coefficient (Wildman–Crippen LogP) is 4.51. The normalized spacial score (nSPS) is 12.0. The summed E-state index contributed by atoms with van der Waals surface area (Å²) >= 11 is 1.51. The molecular formula is C19H15N3O3S. The molecule has 0 spiro atoms. The maximum absolute atomic E-state index is 12.5. The van der Waals surface area contributed by atoms with Crippen molar-refractivity contribution in [2.45, 2.75) is 13.0 Å². The molecule has 0 saturated heterocycles. The fourth-order valence-electron chi connectivity index (χ4n) is 2.48. The summed E-state index contributed by atoms with van der Waals surface area (Å²) in [5.41, 5.74) is 1.34. The summed E-state index contributed by atoms with van der Waals surface area (Å²) in [7, 11) is 0. The summed E-state index contributed by atoms with van der Waals surface area (Å²) in [6.07, 6.45) is 3.19. The molecule has 0 radical (unpaired) electrons. The number of esters is 1. The highest BCUT2D eigenvalue weighted by molar-refractivity contribution is 7.13. The minimum atomic E-state index is -0.640. The number of benzene rings is 1. The summed E-state index contributed by atoms with van der Waals surface area (Å²) in [6, 6.07) is 14.9. The van der Waals surface area contributed by atoms with Gasteiger partial charge in [0, 0.05) is 18.1 Å². The third-order valence-electron chi connectivity index (χ3n) is 3.79. The second kappa shape index (κ2) is 6.97. The molecule has 7 heteroatoms. The van der Waals surface area contributed by atoms with Gasteiger partial charge in [-0.05, 0) is 48.7 Å². The number of ether oxygens (including phenoxy) is 1. The second-order valence-corrected chi connectivity index (χ2v) is 6.56. The predicted molar refractivity (Wildman–Crippen MR) is 97.2 cm³/mol. The lowest BCUT2D eigenvalue weighted by atomic mass is 10.2. The number of carbonyl (C=O) groups excluding carboxylic acids is 1. The van der Waals surface area contributed by atoms with Crippen molar-refractivity contribution in [2.75, 3.05) is 0 Å². The number of nitrogens with zero attached hydrogens (tertiary/aromatic N) is 3. The molecule has 1 atom stereocenters. The molecular weight excluding hydrogens is 350 g/mol. The van der Waals surface area contributed by atoms with Crippen LogP contribution < -0.4 is 0 Å². The molecule has 1 unspecified atom stereocenters. The van der Waals surface area contributed by atoms with E-state index in [0.29, 0.717) is 11.5 Å². The zero-order valence-corrected chi connectivity index (χ0v) is 14.7. The summed E-state index contributed by atoms with van der Waals surface area (Å²) in [6.45, 7) is 1.71. The number of hydrogen-bond donors (Lipinski definition) is 0. The Morgan fingerprint density at radius 1 is 1.15 bits per heavy atom. The van der Waals surface area contributed by atoms with E-state index in [4.69, 9.17) is 9.15 Å². The van der Waals surface area contributed by atoms with Crippen LogP contribution in [-0.4, -0.2) is 20.7 Å². The van der Waals surface area contributed by atoms with Crippen molar-refractivity contribution in [1.82, 2.24) is 14.8 Å². The molecule has 0 amide bonds. The van der Waals surface area contributed by atoms with E-state index in [2.05, 4.69) is 10.2 Å². The smallest absolute Gasteiger partial charge is 0.338 e. The van der Waals surface area contributed by atoms with Crippen molar-refractivity contribution in [3.63, 3.8) is 0 Å². The Bertz CT molecular complexity index is 1010. The number of carbonyl (C=O) groups is 1.